The van der Waals surface area contributed by atoms with Crippen LogP contribution in [0.1, 0.15) is 45.7 Å². The number of thiophene rings is 1. The maximum absolute atomic E-state index is 12.2. The minimum atomic E-state index is -0.852. The second kappa shape index (κ2) is 11.0. The maximum atomic E-state index is 12.2. The van der Waals surface area contributed by atoms with Gasteiger partial charge in [-0.1, -0.05) is 32.4 Å². The number of amides is 2. The number of nitro benzene ring substituents is 1. The van der Waals surface area contributed by atoms with Crippen LogP contribution in [0.5, 0.6) is 0 Å². The second-order valence-electron chi connectivity index (χ2n) is 7.89. The summed E-state index contributed by atoms with van der Waals surface area (Å²) in [6.45, 7) is 4.61. The van der Waals surface area contributed by atoms with Gasteiger partial charge in [-0.05, 0) is 24.3 Å². The Kier molecular flexibility index (Phi) is 8.66. The molecule has 0 unspecified atom stereocenters. The number of halogens is 1. The summed E-state index contributed by atoms with van der Waals surface area (Å²) in [6, 6.07) is 6.75. The first-order chi connectivity index (χ1) is 15.4. The molecule has 0 bridgehead atoms. The topological polar surface area (TPSA) is 145 Å². The summed E-state index contributed by atoms with van der Waals surface area (Å²) in [5, 5.41) is 15.8. The first-order valence-corrected chi connectivity index (χ1v) is 10.9. The fourth-order valence-electron chi connectivity index (χ4n) is 2.37. The fourth-order valence-corrected chi connectivity index (χ4v) is 3.43. The Hall–Kier alpha value is -3.31. The van der Waals surface area contributed by atoms with E-state index in [1.165, 1.54) is 23.5 Å². The largest absolute Gasteiger partial charge is 0.456 e. The molecule has 0 saturated heterocycles. The minimum absolute atomic E-state index is 0.0559. The van der Waals surface area contributed by atoms with Crippen molar-refractivity contribution < 1.29 is 28.8 Å². The molecule has 0 spiro atoms. The highest BCUT2D eigenvalue weighted by molar-refractivity contribution is 7.14. The van der Waals surface area contributed by atoms with Crippen LogP contribution in [0.15, 0.2) is 30.3 Å². The Bertz CT molecular complexity index is 1090. The lowest BCUT2D eigenvalue weighted by atomic mass is 9.96. The Morgan fingerprint density at radius 1 is 1.12 bits per heavy atom. The second-order valence-corrected chi connectivity index (χ2v) is 9.46. The molecule has 0 aliphatic rings. The average molecular weight is 496 g/mol. The van der Waals surface area contributed by atoms with E-state index >= 15 is 0 Å². The fraction of sp³-hybridized carbons (Fsp3) is 0.333. The molecule has 1 aromatic heterocycles. The number of hydrogen-bond donors (Lipinski definition) is 2. The number of carbonyl (C=O) groups is 4. The van der Waals surface area contributed by atoms with Gasteiger partial charge < -0.3 is 15.4 Å². The number of carbonyl (C=O) groups excluding carboxylic acids is 4. The van der Waals surface area contributed by atoms with Gasteiger partial charge in [-0.25, -0.2) is 0 Å². The predicted molar refractivity (Wildman–Crippen MR) is 121 cm³/mol. The van der Waals surface area contributed by atoms with Crippen molar-refractivity contribution in [2.75, 3.05) is 13.2 Å². The molecule has 1 aromatic carbocycles. The van der Waals surface area contributed by atoms with Gasteiger partial charge in [0.2, 0.25) is 11.7 Å². The molecule has 2 rings (SSSR count). The van der Waals surface area contributed by atoms with Crippen molar-refractivity contribution in [2.45, 2.75) is 27.3 Å². The highest BCUT2D eigenvalue weighted by atomic mass is 35.5. The highest BCUT2D eigenvalue weighted by Gasteiger charge is 2.21. The third-order valence-electron chi connectivity index (χ3n) is 4.20. The van der Waals surface area contributed by atoms with Crippen molar-refractivity contribution in [2.24, 2.45) is 5.41 Å². The van der Waals surface area contributed by atoms with Gasteiger partial charge in [0.05, 0.1) is 16.3 Å². The number of nitro groups is 1. The Morgan fingerprint density at radius 3 is 2.45 bits per heavy atom. The number of esters is 1. The van der Waals surface area contributed by atoms with Crippen molar-refractivity contribution in [3.63, 3.8) is 0 Å². The molecule has 0 fully saturated rings. The van der Waals surface area contributed by atoms with Crippen LogP contribution in [0.4, 0.5) is 5.69 Å². The van der Waals surface area contributed by atoms with E-state index in [9.17, 15) is 29.3 Å². The summed E-state index contributed by atoms with van der Waals surface area (Å²) < 4.78 is 4.88. The summed E-state index contributed by atoms with van der Waals surface area (Å²) in [6.07, 6.45) is 0. The molecule has 2 N–H and O–H groups in total. The van der Waals surface area contributed by atoms with Crippen LogP contribution >= 0.6 is 22.9 Å². The first kappa shape index (κ1) is 25.9. The van der Waals surface area contributed by atoms with E-state index in [0.717, 1.165) is 10.9 Å². The Labute approximate surface area is 198 Å². The van der Waals surface area contributed by atoms with Crippen molar-refractivity contribution >= 4 is 52.2 Å². The number of Topliss-reactive ketones (excluding diaryl/α,β-unsaturated/α-hetero) is 1. The molecular formula is C21H22ClN3O7S. The third-order valence-corrected chi connectivity index (χ3v) is 5.65. The number of hydrogen-bond acceptors (Lipinski definition) is 8. The summed E-state index contributed by atoms with van der Waals surface area (Å²) >= 11 is 6.87. The van der Waals surface area contributed by atoms with E-state index in [0.29, 0.717) is 4.88 Å². The smallest absolute Gasteiger partial charge is 0.325 e. The summed E-state index contributed by atoms with van der Waals surface area (Å²) in [5.41, 5.74) is -1.02. The molecule has 2 amide bonds. The standard InChI is InChI=1S/C21H22ClN3O7S/c1-21(2,3)20(29)24-9-13-5-7-17(33-13)16(26)11-32-18(27)10-23-19(28)12-4-6-14(22)15(8-12)25(30)31/h4-8H,9-11H2,1-3H3,(H,23,28)(H,24,29). The van der Waals surface area contributed by atoms with Gasteiger partial charge in [0.25, 0.3) is 11.6 Å². The minimum Gasteiger partial charge on any atom is -0.456 e. The van der Waals surface area contributed by atoms with E-state index in [4.69, 9.17) is 16.3 Å². The normalized spacial score (nSPS) is 10.9. The molecule has 33 heavy (non-hydrogen) atoms. The third kappa shape index (κ3) is 7.65. The van der Waals surface area contributed by atoms with Crippen molar-refractivity contribution in [3.8, 4) is 0 Å². The van der Waals surface area contributed by atoms with Gasteiger partial charge in [-0.15, -0.1) is 11.3 Å². The SMILES string of the molecule is CC(C)(C)C(=O)NCc1ccc(C(=O)COC(=O)CNC(=O)c2ccc(Cl)c([N+](=O)[O-])c2)s1. The number of nitrogens with zero attached hydrogens (tertiary/aromatic N) is 1. The van der Waals surface area contributed by atoms with Crippen LogP contribution in [0.25, 0.3) is 0 Å². The molecule has 1 heterocycles. The molecule has 176 valence electrons. The van der Waals surface area contributed by atoms with Crippen molar-refractivity contribution in [3.05, 3.63) is 60.8 Å². The van der Waals surface area contributed by atoms with Crippen LogP contribution < -0.4 is 10.6 Å². The van der Waals surface area contributed by atoms with Crippen molar-refractivity contribution in [1.29, 1.82) is 0 Å². The number of benzene rings is 1. The van der Waals surface area contributed by atoms with E-state index in [2.05, 4.69) is 10.6 Å². The maximum Gasteiger partial charge on any atom is 0.325 e. The van der Waals surface area contributed by atoms with Crippen LogP contribution in [-0.4, -0.2) is 41.6 Å². The van der Waals surface area contributed by atoms with Gasteiger partial charge in [-0.2, -0.15) is 0 Å². The van der Waals surface area contributed by atoms with Gasteiger partial charge in [0.1, 0.15) is 11.6 Å². The number of nitrogens with one attached hydrogen (secondary N) is 2. The molecule has 0 aliphatic carbocycles. The van der Waals surface area contributed by atoms with Crippen LogP contribution in [0.3, 0.4) is 0 Å². The average Bonchev–Trinajstić information content (AvgIpc) is 3.22. The van der Waals surface area contributed by atoms with Crippen molar-refractivity contribution in [1.82, 2.24) is 10.6 Å². The van der Waals surface area contributed by atoms with E-state index in [1.807, 2.05) is 0 Å². The van der Waals surface area contributed by atoms with Crippen LogP contribution in [-0.2, 0) is 20.9 Å². The lowest BCUT2D eigenvalue weighted by molar-refractivity contribution is -0.384. The van der Waals surface area contributed by atoms with Gasteiger partial charge in [-0.3, -0.25) is 29.3 Å². The summed E-state index contributed by atoms with van der Waals surface area (Å²) in [4.78, 5) is 59.4. The molecule has 0 aliphatic heterocycles. The van der Waals surface area contributed by atoms with Crippen LogP contribution in [0, 0.1) is 15.5 Å². The molecular weight excluding hydrogens is 474 g/mol. The summed E-state index contributed by atoms with van der Waals surface area (Å²) in [7, 11) is 0. The zero-order valence-corrected chi connectivity index (χ0v) is 19.7. The molecule has 0 radical (unpaired) electrons. The zero-order valence-electron chi connectivity index (χ0n) is 18.1. The zero-order chi connectivity index (χ0) is 24.8. The lowest BCUT2D eigenvalue weighted by Crippen LogP contribution is -2.34. The number of ketones is 1. The monoisotopic (exact) mass is 495 g/mol. The van der Waals surface area contributed by atoms with Gasteiger partial charge in [0.15, 0.2) is 6.61 Å². The highest BCUT2D eigenvalue weighted by Crippen LogP contribution is 2.25. The van der Waals surface area contributed by atoms with Gasteiger partial charge >= 0.3 is 5.97 Å². The number of rotatable bonds is 9. The summed E-state index contributed by atoms with van der Waals surface area (Å²) in [5.74, 6) is -2.14. The molecule has 2 aromatic rings. The first-order valence-electron chi connectivity index (χ1n) is 9.66. The van der Waals surface area contributed by atoms with E-state index in [1.54, 1.807) is 32.9 Å². The quantitative estimate of drug-likeness (QED) is 0.235. The molecule has 10 nitrogen and oxygen atoms in total. The lowest BCUT2D eigenvalue weighted by Gasteiger charge is -2.17. The molecule has 0 atom stereocenters. The molecule has 12 heteroatoms. The van der Waals surface area contributed by atoms with E-state index in [-0.39, 0.29) is 23.0 Å². The van der Waals surface area contributed by atoms with Gasteiger partial charge in [0, 0.05) is 21.9 Å². The van der Waals surface area contributed by atoms with Crippen LogP contribution in [0.2, 0.25) is 5.02 Å². The number of ether oxygens (including phenoxy) is 1. The predicted octanol–water partition coefficient (Wildman–Crippen LogP) is 3.13. The Morgan fingerprint density at radius 2 is 1.82 bits per heavy atom. The Balaban J connectivity index is 1.81. The molecule has 0 saturated carbocycles. The van der Waals surface area contributed by atoms with E-state index < -0.39 is 46.8 Å².